The number of benzene rings is 1. The van der Waals surface area contributed by atoms with Gasteiger partial charge in [0.1, 0.15) is 11.5 Å². The molecule has 0 unspecified atom stereocenters. The number of sulfonamides is 1. The highest BCUT2D eigenvalue weighted by molar-refractivity contribution is 7.88. The van der Waals surface area contributed by atoms with Gasteiger partial charge in [-0.2, -0.15) is 5.10 Å². The zero-order valence-electron chi connectivity index (χ0n) is 18.5. The number of rotatable bonds is 5. The summed E-state index contributed by atoms with van der Waals surface area (Å²) in [5.41, 5.74) is 5.62. The lowest BCUT2D eigenvalue weighted by molar-refractivity contribution is 0.597. The van der Waals surface area contributed by atoms with Crippen LogP contribution in [0.3, 0.4) is 0 Å². The number of pyridine rings is 3. The average Bonchev–Trinajstić information content (AvgIpc) is 3.46. The molecule has 6 aromatic rings. The first-order valence-corrected chi connectivity index (χ1v) is 12.4. The van der Waals surface area contributed by atoms with Crippen LogP contribution >= 0.6 is 0 Å². The summed E-state index contributed by atoms with van der Waals surface area (Å²) in [6, 6.07) is 9.84. The second kappa shape index (κ2) is 8.29. The van der Waals surface area contributed by atoms with Crippen molar-refractivity contribution in [3.63, 3.8) is 0 Å². The predicted molar refractivity (Wildman–Crippen MR) is 132 cm³/mol. The molecule has 4 N–H and O–H groups in total. The van der Waals surface area contributed by atoms with Crippen LogP contribution in [-0.2, 0) is 15.8 Å². The highest BCUT2D eigenvalue weighted by atomic mass is 32.2. The van der Waals surface area contributed by atoms with Crippen LogP contribution in [0.4, 0.5) is 4.39 Å². The van der Waals surface area contributed by atoms with Gasteiger partial charge in [0.25, 0.3) is 0 Å². The van der Waals surface area contributed by atoms with Crippen molar-refractivity contribution in [2.45, 2.75) is 5.75 Å². The highest BCUT2D eigenvalue weighted by Gasteiger charge is 2.17. The first kappa shape index (κ1) is 21.9. The van der Waals surface area contributed by atoms with Crippen molar-refractivity contribution in [1.82, 2.24) is 35.1 Å². The molecule has 0 amide bonds. The quantitative estimate of drug-likeness (QED) is 0.327. The Labute approximate surface area is 203 Å². The van der Waals surface area contributed by atoms with E-state index in [1.54, 1.807) is 43.0 Å². The third kappa shape index (κ3) is 4.08. The van der Waals surface area contributed by atoms with Gasteiger partial charge < -0.3 is 4.98 Å². The van der Waals surface area contributed by atoms with Gasteiger partial charge in [-0.25, -0.2) is 27.9 Å². The van der Waals surface area contributed by atoms with Crippen LogP contribution in [0.25, 0.3) is 55.8 Å². The number of H-pyrrole nitrogens is 2. The van der Waals surface area contributed by atoms with Crippen molar-refractivity contribution in [2.24, 2.45) is 5.14 Å². The number of aromatic nitrogens is 7. The number of primary sulfonamides is 1. The van der Waals surface area contributed by atoms with E-state index in [9.17, 15) is 12.8 Å². The second-order valence-electron chi connectivity index (χ2n) is 8.26. The molecule has 0 saturated heterocycles. The van der Waals surface area contributed by atoms with Crippen LogP contribution < -0.4 is 5.14 Å². The van der Waals surface area contributed by atoms with E-state index >= 15 is 0 Å². The van der Waals surface area contributed by atoms with Gasteiger partial charge in [0, 0.05) is 41.5 Å². The molecule has 1 aromatic carbocycles. The minimum Gasteiger partial charge on any atom is -0.335 e. The molecule has 0 atom stereocenters. The number of nitrogens with two attached hydrogens (primary N) is 1. The van der Waals surface area contributed by atoms with Crippen molar-refractivity contribution in [1.29, 1.82) is 0 Å². The molecule has 5 heterocycles. The Morgan fingerprint density at radius 3 is 2.61 bits per heavy atom. The number of hydrogen-bond acceptors (Lipinski definition) is 7. The average molecular weight is 501 g/mol. The number of nitrogens with one attached hydrogen (secondary N) is 2. The van der Waals surface area contributed by atoms with Gasteiger partial charge in [0.15, 0.2) is 11.5 Å². The van der Waals surface area contributed by atoms with Crippen molar-refractivity contribution < 1.29 is 12.8 Å². The summed E-state index contributed by atoms with van der Waals surface area (Å²) in [4.78, 5) is 20.9. The maximum absolute atomic E-state index is 13.8. The first-order valence-electron chi connectivity index (χ1n) is 10.7. The maximum Gasteiger partial charge on any atom is 0.213 e. The Bertz CT molecular complexity index is 1880. The first-order chi connectivity index (χ1) is 17.3. The normalized spacial score (nSPS) is 11.9. The lowest BCUT2D eigenvalue weighted by Gasteiger charge is -2.04. The van der Waals surface area contributed by atoms with E-state index in [-0.39, 0.29) is 11.6 Å². The van der Waals surface area contributed by atoms with Crippen molar-refractivity contribution >= 4 is 32.1 Å². The number of nitrogens with zero attached hydrogens (tertiary/aromatic N) is 5. The fourth-order valence-corrected chi connectivity index (χ4v) is 4.74. The van der Waals surface area contributed by atoms with Crippen molar-refractivity contribution in [3.05, 3.63) is 78.8 Å². The zero-order chi connectivity index (χ0) is 24.9. The Morgan fingerprint density at radius 2 is 1.78 bits per heavy atom. The molecule has 36 heavy (non-hydrogen) atoms. The molecule has 0 fully saturated rings. The molecule has 0 aliphatic rings. The standard InChI is InChI=1S/C24H17FN8O2S/c25-17-3-1-2-14(5-17)19-10-28-11-20-21(19)31-24(30-20)22-18-6-16(9-29-23(18)33-32-22)15-4-13(7-27-8-15)12-36(26,34)35/h1-11H,12H2,(H,30,31)(H2,26,34,35)(H,29,32,33). The topological polar surface area (TPSA) is 156 Å². The summed E-state index contributed by atoms with van der Waals surface area (Å²) in [6.45, 7) is 0. The molecule has 0 aliphatic carbocycles. The van der Waals surface area contributed by atoms with Gasteiger partial charge in [-0.3, -0.25) is 15.1 Å². The lowest BCUT2D eigenvalue weighted by atomic mass is 10.1. The van der Waals surface area contributed by atoms with Gasteiger partial charge in [-0.15, -0.1) is 0 Å². The summed E-state index contributed by atoms with van der Waals surface area (Å²) in [6.07, 6.45) is 8.01. The second-order valence-corrected chi connectivity index (χ2v) is 9.88. The summed E-state index contributed by atoms with van der Waals surface area (Å²) in [5, 5.41) is 13.1. The van der Waals surface area contributed by atoms with E-state index in [0.29, 0.717) is 61.4 Å². The van der Waals surface area contributed by atoms with Crippen LogP contribution in [0.1, 0.15) is 5.56 Å². The molecule has 0 radical (unpaired) electrons. The largest absolute Gasteiger partial charge is 0.335 e. The number of hydrogen-bond donors (Lipinski definition) is 3. The van der Waals surface area contributed by atoms with E-state index in [4.69, 9.17) is 10.1 Å². The number of aromatic amines is 2. The molecule has 12 heteroatoms. The van der Waals surface area contributed by atoms with Crippen LogP contribution in [0.5, 0.6) is 0 Å². The lowest BCUT2D eigenvalue weighted by Crippen LogP contribution is -2.14. The van der Waals surface area contributed by atoms with Crippen molar-refractivity contribution in [3.8, 4) is 33.8 Å². The molecule has 0 aliphatic heterocycles. The smallest absolute Gasteiger partial charge is 0.213 e. The summed E-state index contributed by atoms with van der Waals surface area (Å²) in [7, 11) is -3.69. The molecule has 0 saturated carbocycles. The number of halogens is 1. The number of fused-ring (bicyclic) bond motifs is 2. The SMILES string of the molecule is NS(=O)(=O)Cc1cncc(-c2cnc3n[nH]c(-c4nc5c(-c6cccc(F)c6)cncc5[nH]4)c3c2)c1. The number of imidazole rings is 1. The van der Waals surface area contributed by atoms with Gasteiger partial charge in [0.2, 0.25) is 10.0 Å². The van der Waals surface area contributed by atoms with Crippen molar-refractivity contribution in [2.75, 3.05) is 0 Å². The fraction of sp³-hybridized carbons (Fsp3) is 0.0417. The Hall–Kier alpha value is -4.55. The predicted octanol–water partition coefficient (Wildman–Crippen LogP) is 3.55. The maximum atomic E-state index is 13.8. The van der Waals surface area contributed by atoms with Crippen LogP contribution in [0, 0.1) is 5.82 Å². The van der Waals surface area contributed by atoms with Gasteiger partial charge in [-0.1, -0.05) is 12.1 Å². The molecule has 10 nitrogen and oxygen atoms in total. The minimum atomic E-state index is -3.69. The molecule has 0 spiro atoms. The molecule has 6 rings (SSSR count). The van der Waals surface area contributed by atoms with E-state index < -0.39 is 10.0 Å². The van der Waals surface area contributed by atoms with E-state index in [0.717, 1.165) is 0 Å². The molecule has 0 bridgehead atoms. The fourth-order valence-electron chi connectivity index (χ4n) is 4.11. The van der Waals surface area contributed by atoms with Gasteiger partial charge in [-0.05, 0) is 35.4 Å². The van der Waals surface area contributed by atoms with Crippen LogP contribution in [-0.4, -0.2) is 43.5 Å². The Kier molecular flexibility index (Phi) is 5.05. The van der Waals surface area contributed by atoms with E-state index in [1.165, 1.54) is 18.3 Å². The Morgan fingerprint density at radius 1 is 0.944 bits per heavy atom. The molecule has 178 valence electrons. The molecular formula is C24H17FN8O2S. The summed E-state index contributed by atoms with van der Waals surface area (Å²) >= 11 is 0. The third-order valence-corrected chi connectivity index (χ3v) is 6.41. The van der Waals surface area contributed by atoms with E-state index in [2.05, 4.69) is 30.1 Å². The zero-order valence-corrected chi connectivity index (χ0v) is 19.3. The van der Waals surface area contributed by atoms with Gasteiger partial charge >= 0.3 is 0 Å². The van der Waals surface area contributed by atoms with Gasteiger partial charge in [0.05, 0.1) is 28.4 Å². The molecular weight excluding hydrogens is 483 g/mol. The summed E-state index contributed by atoms with van der Waals surface area (Å²) in [5.74, 6) is -0.152. The molecule has 5 aromatic heterocycles. The minimum absolute atomic E-state index is 0.318. The third-order valence-electron chi connectivity index (χ3n) is 5.67. The van der Waals surface area contributed by atoms with Crippen LogP contribution in [0.15, 0.2) is 67.4 Å². The monoisotopic (exact) mass is 500 g/mol. The van der Waals surface area contributed by atoms with E-state index in [1.807, 2.05) is 6.07 Å². The Balaban J connectivity index is 1.45. The summed E-state index contributed by atoms with van der Waals surface area (Å²) < 4.78 is 36.8. The van der Waals surface area contributed by atoms with Crippen LogP contribution in [0.2, 0.25) is 0 Å². The highest BCUT2D eigenvalue weighted by Crippen LogP contribution is 2.32.